The molecule has 1 aliphatic carbocycles. The first-order valence-corrected chi connectivity index (χ1v) is 14.4. The highest BCUT2D eigenvalue weighted by atomic mass is 16.2. The normalized spacial score (nSPS) is 15.2. The Balaban J connectivity index is 2.01. The second kappa shape index (κ2) is 16.8. The first-order chi connectivity index (χ1) is 18.7. The molecular weight excluding hydrogens is 496 g/mol. The largest absolute Gasteiger partial charge is 0.345 e. The maximum Gasteiger partial charge on any atom is 0.290 e. The van der Waals surface area contributed by atoms with Crippen molar-refractivity contribution in [2.75, 3.05) is 13.6 Å². The Morgan fingerprint density at radius 3 is 2.08 bits per heavy atom. The Morgan fingerprint density at radius 1 is 0.923 bits per heavy atom. The van der Waals surface area contributed by atoms with Gasteiger partial charge in [0.15, 0.2) is 5.78 Å². The lowest BCUT2D eigenvalue weighted by Gasteiger charge is -2.22. The smallest absolute Gasteiger partial charge is 0.290 e. The van der Waals surface area contributed by atoms with E-state index >= 15 is 0 Å². The Bertz CT molecular complexity index is 955. The zero-order chi connectivity index (χ0) is 28.8. The number of ketones is 2. The first-order valence-electron chi connectivity index (χ1n) is 14.4. The zero-order valence-electron chi connectivity index (χ0n) is 23.9. The summed E-state index contributed by atoms with van der Waals surface area (Å²) in [5.74, 6) is -2.53. The number of nitrogens with one attached hydrogen (secondary N) is 4. The van der Waals surface area contributed by atoms with E-state index in [4.69, 9.17) is 0 Å². The Hall–Kier alpha value is -3.07. The van der Waals surface area contributed by atoms with E-state index in [1.54, 1.807) is 38.2 Å². The lowest BCUT2D eigenvalue weighted by Crippen LogP contribution is -2.51. The van der Waals surface area contributed by atoms with Crippen LogP contribution in [0, 0.1) is 11.8 Å². The van der Waals surface area contributed by atoms with Crippen LogP contribution in [0.4, 0.5) is 0 Å². The summed E-state index contributed by atoms with van der Waals surface area (Å²) >= 11 is 0. The first kappa shape index (κ1) is 32.1. The van der Waals surface area contributed by atoms with Gasteiger partial charge < -0.3 is 21.3 Å². The molecule has 9 heteroatoms. The van der Waals surface area contributed by atoms with Gasteiger partial charge in [0.25, 0.3) is 5.91 Å². The van der Waals surface area contributed by atoms with Gasteiger partial charge in [-0.3, -0.25) is 24.0 Å². The number of likely N-dealkylation sites (N-methyl/N-ethyl adjacent to an activating group) is 1. The molecule has 216 valence electrons. The average Bonchev–Trinajstić information content (AvgIpc) is 3.77. The molecule has 4 N–H and O–H groups in total. The number of hydrogen-bond acceptors (Lipinski definition) is 6. The van der Waals surface area contributed by atoms with Crippen LogP contribution in [0.1, 0.15) is 90.2 Å². The molecule has 1 fully saturated rings. The van der Waals surface area contributed by atoms with E-state index in [2.05, 4.69) is 35.1 Å². The number of benzene rings is 1. The van der Waals surface area contributed by atoms with E-state index < -0.39 is 42.3 Å². The van der Waals surface area contributed by atoms with Crippen molar-refractivity contribution in [1.82, 2.24) is 21.3 Å². The summed E-state index contributed by atoms with van der Waals surface area (Å²) in [6.45, 7) is 5.39. The summed E-state index contributed by atoms with van der Waals surface area (Å²) in [6.07, 6.45) is 7.70. The molecular formula is C30H46N4O5. The Labute approximate surface area is 232 Å². The van der Waals surface area contributed by atoms with Crippen molar-refractivity contribution in [3.8, 4) is 0 Å². The van der Waals surface area contributed by atoms with Gasteiger partial charge in [-0.05, 0) is 44.7 Å². The van der Waals surface area contributed by atoms with Gasteiger partial charge in [-0.1, -0.05) is 82.7 Å². The fourth-order valence-corrected chi connectivity index (χ4v) is 4.49. The molecule has 2 rings (SSSR count). The molecule has 0 bridgehead atoms. The number of hydrogen-bond donors (Lipinski definition) is 4. The standard InChI is InChI=1S/C30H46N4O5/c1-5-7-12-23(13-8-6-2)29(38)33-24(18-21-16-17-21)28(37)30(39)32-19-25(35)34-26(27(36)20(3)31-4)22-14-10-9-11-15-22/h9-11,14-15,20-21,23-24,26,31H,5-8,12-13,16-19H2,1-4H3,(H,32,39)(H,33,38)(H,34,35). The van der Waals surface area contributed by atoms with Crippen LogP contribution in [0.15, 0.2) is 30.3 Å². The molecule has 3 unspecified atom stereocenters. The third-order valence-electron chi connectivity index (χ3n) is 7.30. The predicted octanol–water partition coefficient (Wildman–Crippen LogP) is 2.99. The van der Waals surface area contributed by atoms with E-state index in [0.717, 1.165) is 51.4 Å². The van der Waals surface area contributed by atoms with E-state index in [0.29, 0.717) is 17.9 Å². The molecule has 0 radical (unpaired) electrons. The molecule has 1 aromatic carbocycles. The summed E-state index contributed by atoms with van der Waals surface area (Å²) in [6, 6.07) is 6.53. The van der Waals surface area contributed by atoms with Crippen LogP contribution < -0.4 is 21.3 Å². The topological polar surface area (TPSA) is 133 Å². The molecule has 0 saturated heterocycles. The number of rotatable bonds is 19. The van der Waals surface area contributed by atoms with Gasteiger partial charge in [0.05, 0.1) is 18.6 Å². The molecule has 9 nitrogen and oxygen atoms in total. The molecule has 0 heterocycles. The van der Waals surface area contributed by atoms with Crippen LogP contribution in [0.5, 0.6) is 0 Å². The molecule has 1 saturated carbocycles. The second-order valence-electron chi connectivity index (χ2n) is 10.6. The number of carbonyl (C=O) groups excluding carboxylic acids is 5. The summed E-state index contributed by atoms with van der Waals surface area (Å²) in [7, 11) is 1.66. The lowest BCUT2D eigenvalue weighted by molar-refractivity contribution is -0.141. The van der Waals surface area contributed by atoms with Crippen molar-refractivity contribution >= 4 is 29.3 Å². The summed E-state index contributed by atoms with van der Waals surface area (Å²) in [5.41, 5.74) is 0.619. The zero-order valence-corrected chi connectivity index (χ0v) is 23.9. The molecule has 3 amide bonds. The maximum atomic E-state index is 13.1. The maximum absolute atomic E-state index is 13.1. The number of carbonyl (C=O) groups is 5. The van der Waals surface area contributed by atoms with Gasteiger partial charge in [-0.2, -0.15) is 0 Å². The molecule has 0 aliphatic heterocycles. The van der Waals surface area contributed by atoms with Crippen molar-refractivity contribution in [1.29, 1.82) is 0 Å². The minimum Gasteiger partial charge on any atom is -0.345 e. The van der Waals surface area contributed by atoms with Gasteiger partial charge >= 0.3 is 0 Å². The SMILES string of the molecule is CCCCC(CCCC)C(=O)NC(CC1CC1)C(=O)C(=O)NCC(=O)NC(C(=O)C(C)NC)c1ccccc1. The monoisotopic (exact) mass is 542 g/mol. The molecule has 1 aromatic rings. The quantitative estimate of drug-likeness (QED) is 0.199. The minimum absolute atomic E-state index is 0.177. The summed E-state index contributed by atoms with van der Waals surface area (Å²) < 4.78 is 0. The van der Waals surface area contributed by atoms with E-state index in [-0.39, 0.29) is 17.6 Å². The van der Waals surface area contributed by atoms with Crippen LogP contribution in [0.2, 0.25) is 0 Å². The van der Waals surface area contributed by atoms with Gasteiger partial charge in [-0.15, -0.1) is 0 Å². The third-order valence-corrected chi connectivity index (χ3v) is 7.30. The van der Waals surface area contributed by atoms with Gasteiger partial charge in [0.2, 0.25) is 17.6 Å². The van der Waals surface area contributed by atoms with Crippen molar-refractivity contribution < 1.29 is 24.0 Å². The fraction of sp³-hybridized carbons (Fsp3) is 0.633. The summed E-state index contributed by atoms with van der Waals surface area (Å²) in [4.78, 5) is 64.5. The van der Waals surface area contributed by atoms with Gasteiger partial charge in [0.1, 0.15) is 6.04 Å². The van der Waals surface area contributed by atoms with E-state index in [9.17, 15) is 24.0 Å². The Kier molecular flexibility index (Phi) is 13.8. The summed E-state index contributed by atoms with van der Waals surface area (Å²) in [5, 5.41) is 10.8. The molecule has 39 heavy (non-hydrogen) atoms. The van der Waals surface area contributed by atoms with Crippen molar-refractivity contribution in [3.05, 3.63) is 35.9 Å². The lowest BCUT2D eigenvalue weighted by atomic mass is 9.94. The van der Waals surface area contributed by atoms with Crippen LogP contribution in [0.3, 0.4) is 0 Å². The molecule has 0 spiro atoms. The highest BCUT2D eigenvalue weighted by Crippen LogP contribution is 2.34. The highest BCUT2D eigenvalue weighted by molar-refractivity contribution is 6.38. The Morgan fingerprint density at radius 2 is 1.54 bits per heavy atom. The average molecular weight is 543 g/mol. The predicted molar refractivity (Wildman–Crippen MR) is 151 cm³/mol. The van der Waals surface area contributed by atoms with Crippen molar-refractivity contribution in [2.24, 2.45) is 11.8 Å². The molecule has 1 aliphatic rings. The van der Waals surface area contributed by atoms with Gasteiger partial charge in [0, 0.05) is 5.92 Å². The van der Waals surface area contributed by atoms with Crippen molar-refractivity contribution in [3.63, 3.8) is 0 Å². The van der Waals surface area contributed by atoms with E-state index in [1.807, 2.05) is 6.07 Å². The number of amides is 3. The second-order valence-corrected chi connectivity index (χ2v) is 10.6. The highest BCUT2D eigenvalue weighted by Gasteiger charge is 2.35. The minimum atomic E-state index is -0.916. The third kappa shape index (κ3) is 10.9. The van der Waals surface area contributed by atoms with E-state index in [1.165, 1.54) is 0 Å². The molecule has 3 atom stereocenters. The van der Waals surface area contributed by atoms with Crippen LogP contribution >= 0.6 is 0 Å². The molecule has 0 aromatic heterocycles. The van der Waals surface area contributed by atoms with Crippen LogP contribution in [-0.2, 0) is 24.0 Å². The number of Topliss-reactive ketones (excluding diaryl/α,β-unsaturated/α-hetero) is 2. The fourth-order valence-electron chi connectivity index (χ4n) is 4.49. The van der Waals surface area contributed by atoms with Crippen molar-refractivity contribution in [2.45, 2.75) is 96.7 Å². The number of unbranched alkanes of at least 4 members (excludes halogenated alkanes) is 2. The van der Waals surface area contributed by atoms with Gasteiger partial charge in [-0.25, -0.2) is 0 Å². The van der Waals surface area contributed by atoms with Crippen LogP contribution in [0.25, 0.3) is 0 Å². The van der Waals surface area contributed by atoms with Crippen LogP contribution in [-0.4, -0.2) is 55.0 Å².